The van der Waals surface area contributed by atoms with Gasteiger partial charge in [0.1, 0.15) is 0 Å². The predicted octanol–water partition coefficient (Wildman–Crippen LogP) is 2.30. The Hall–Kier alpha value is -2.16. The maximum atomic E-state index is 12.6. The number of anilines is 2. The number of benzene rings is 1. The summed E-state index contributed by atoms with van der Waals surface area (Å²) in [4.78, 5) is 18.6. The van der Waals surface area contributed by atoms with Crippen LogP contribution in [0.2, 0.25) is 5.02 Å². The Balaban J connectivity index is 2.41. The Bertz CT molecular complexity index is 898. The van der Waals surface area contributed by atoms with Crippen molar-refractivity contribution in [2.24, 2.45) is 0 Å². The monoisotopic (exact) mass is 382 g/mol. The predicted molar refractivity (Wildman–Crippen MR) is 98.8 cm³/mol. The van der Waals surface area contributed by atoms with Gasteiger partial charge in [-0.05, 0) is 30.3 Å². The van der Waals surface area contributed by atoms with Gasteiger partial charge in [0.2, 0.25) is 10.0 Å². The Labute approximate surface area is 152 Å². The van der Waals surface area contributed by atoms with Crippen LogP contribution in [0, 0.1) is 0 Å². The third kappa shape index (κ3) is 4.09. The fourth-order valence-electron chi connectivity index (χ4n) is 2.09. The van der Waals surface area contributed by atoms with Crippen LogP contribution in [-0.4, -0.2) is 51.8 Å². The highest BCUT2D eigenvalue weighted by Crippen LogP contribution is 2.25. The smallest absolute Gasteiger partial charge is 0.257 e. The summed E-state index contributed by atoms with van der Waals surface area (Å²) < 4.78 is 25.6. The molecule has 0 bridgehead atoms. The second-order valence-electron chi connectivity index (χ2n) is 5.65. The molecule has 25 heavy (non-hydrogen) atoms. The maximum Gasteiger partial charge on any atom is 0.257 e. The Morgan fingerprint density at radius 1 is 1.16 bits per heavy atom. The molecule has 1 N–H and O–H groups in total. The number of hydrogen-bond acceptors (Lipinski definition) is 5. The Morgan fingerprint density at radius 2 is 1.84 bits per heavy atom. The zero-order chi connectivity index (χ0) is 18.8. The van der Waals surface area contributed by atoms with Crippen LogP contribution in [0.15, 0.2) is 41.4 Å². The highest BCUT2D eigenvalue weighted by Gasteiger charge is 2.21. The number of aromatic nitrogens is 1. The van der Waals surface area contributed by atoms with Crippen LogP contribution >= 0.6 is 11.6 Å². The quantitative estimate of drug-likeness (QED) is 0.857. The molecule has 0 saturated heterocycles. The zero-order valence-electron chi connectivity index (χ0n) is 14.3. The summed E-state index contributed by atoms with van der Waals surface area (Å²) in [5.41, 5.74) is 0.563. The number of carbonyl (C=O) groups excluding carboxylic acids is 1. The first kappa shape index (κ1) is 19.2. The molecule has 1 amide bonds. The van der Waals surface area contributed by atoms with Crippen molar-refractivity contribution in [2.75, 3.05) is 38.4 Å². The molecule has 0 aliphatic carbocycles. The molecule has 7 nitrogen and oxygen atoms in total. The average Bonchev–Trinajstić information content (AvgIpc) is 2.55. The van der Waals surface area contributed by atoms with Gasteiger partial charge in [0.25, 0.3) is 5.91 Å². The van der Waals surface area contributed by atoms with Crippen molar-refractivity contribution in [3.05, 3.63) is 47.1 Å². The maximum absolute atomic E-state index is 12.6. The summed E-state index contributed by atoms with van der Waals surface area (Å²) in [6, 6.07) is 7.41. The minimum atomic E-state index is -3.67. The summed E-state index contributed by atoms with van der Waals surface area (Å²) in [7, 11) is 2.77. The first-order valence-corrected chi connectivity index (χ1v) is 9.12. The van der Waals surface area contributed by atoms with Crippen molar-refractivity contribution in [1.82, 2.24) is 9.29 Å². The van der Waals surface area contributed by atoms with E-state index in [1.54, 1.807) is 37.3 Å². The van der Waals surface area contributed by atoms with E-state index >= 15 is 0 Å². The number of halogens is 1. The number of carbonyl (C=O) groups is 1. The number of nitrogens with zero attached hydrogens (tertiary/aromatic N) is 3. The minimum Gasteiger partial charge on any atom is -0.361 e. The minimum absolute atomic E-state index is 0.00827. The lowest BCUT2D eigenvalue weighted by Crippen LogP contribution is -2.23. The van der Waals surface area contributed by atoms with Gasteiger partial charge in [-0.25, -0.2) is 17.7 Å². The van der Waals surface area contributed by atoms with Crippen molar-refractivity contribution >= 4 is 39.0 Å². The van der Waals surface area contributed by atoms with E-state index in [4.69, 9.17) is 11.6 Å². The Kier molecular flexibility index (Phi) is 5.66. The van der Waals surface area contributed by atoms with Crippen molar-refractivity contribution in [1.29, 1.82) is 0 Å². The highest BCUT2D eigenvalue weighted by atomic mass is 35.5. The van der Waals surface area contributed by atoms with Gasteiger partial charge < -0.3 is 10.2 Å². The standard InChI is InChI=1S/C16H19ClN4O3S/c1-20(2)15-14(6-5-9-18-15)19-16(22)12-10-11(7-8-13(12)17)25(23,24)21(3)4/h5-10H,1-4H3,(H,19,22). The van der Waals surface area contributed by atoms with E-state index in [1.165, 1.54) is 32.3 Å². The molecular weight excluding hydrogens is 364 g/mol. The van der Waals surface area contributed by atoms with Crippen LogP contribution in [0.1, 0.15) is 10.4 Å². The third-order valence-corrected chi connectivity index (χ3v) is 5.56. The average molecular weight is 383 g/mol. The van der Waals surface area contributed by atoms with Crippen LogP contribution in [0.25, 0.3) is 0 Å². The van der Waals surface area contributed by atoms with Crippen molar-refractivity contribution in [3.8, 4) is 0 Å². The molecule has 0 aliphatic rings. The van der Waals surface area contributed by atoms with Crippen molar-refractivity contribution in [3.63, 3.8) is 0 Å². The van der Waals surface area contributed by atoms with Crippen LogP contribution in [0.5, 0.6) is 0 Å². The normalized spacial score (nSPS) is 11.4. The molecule has 0 spiro atoms. The molecule has 0 unspecified atom stereocenters. The number of pyridine rings is 1. The molecule has 1 aromatic carbocycles. The summed E-state index contributed by atoms with van der Waals surface area (Å²) >= 11 is 6.09. The van der Waals surface area contributed by atoms with E-state index in [0.29, 0.717) is 11.5 Å². The summed E-state index contributed by atoms with van der Waals surface area (Å²) in [6.07, 6.45) is 1.61. The molecule has 9 heteroatoms. The van der Waals surface area contributed by atoms with E-state index in [-0.39, 0.29) is 15.5 Å². The fraction of sp³-hybridized carbons (Fsp3) is 0.250. The van der Waals surface area contributed by atoms with E-state index < -0.39 is 15.9 Å². The first-order valence-electron chi connectivity index (χ1n) is 7.30. The number of nitrogens with one attached hydrogen (secondary N) is 1. The van der Waals surface area contributed by atoms with Crippen LogP contribution < -0.4 is 10.2 Å². The topological polar surface area (TPSA) is 82.6 Å². The zero-order valence-corrected chi connectivity index (χ0v) is 15.9. The lowest BCUT2D eigenvalue weighted by atomic mass is 10.2. The van der Waals surface area contributed by atoms with Gasteiger partial charge in [0, 0.05) is 34.4 Å². The molecule has 0 atom stereocenters. The van der Waals surface area contributed by atoms with Gasteiger partial charge in [-0.2, -0.15) is 0 Å². The Morgan fingerprint density at radius 3 is 2.44 bits per heavy atom. The van der Waals surface area contributed by atoms with Crippen molar-refractivity contribution < 1.29 is 13.2 Å². The largest absolute Gasteiger partial charge is 0.361 e. The number of hydrogen-bond donors (Lipinski definition) is 1. The molecule has 134 valence electrons. The molecular formula is C16H19ClN4O3S. The van der Waals surface area contributed by atoms with E-state index in [0.717, 1.165) is 4.31 Å². The van der Waals surface area contributed by atoms with Crippen LogP contribution in [0.3, 0.4) is 0 Å². The molecule has 2 aromatic rings. The molecule has 1 aromatic heterocycles. The molecule has 1 heterocycles. The van der Waals surface area contributed by atoms with E-state index in [1.807, 2.05) is 0 Å². The molecule has 0 fully saturated rings. The van der Waals surface area contributed by atoms with Gasteiger partial charge in [-0.1, -0.05) is 11.6 Å². The fourth-order valence-corrected chi connectivity index (χ4v) is 3.22. The summed E-state index contributed by atoms with van der Waals surface area (Å²) in [5.74, 6) is 0.0564. The van der Waals surface area contributed by atoms with Crippen molar-refractivity contribution in [2.45, 2.75) is 4.90 Å². The van der Waals surface area contributed by atoms with Crippen LogP contribution in [0.4, 0.5) is 11.5 Å². The van der Waals surface area contributed by atoms with Gasteiger partial charge in [-0.15, -0.1) is 0 Å². The molecule has 0 aliphatic heterocycles. The number of rotatable bonds is 5. The van der Waals surface area contributed by atoms with E-state index in [2.05, 4.69) is 10.3 Å². The third-order valence-electron chi connectivity index (χ3n) is 3.42. The first-order chi connectivity index (χ1) is 11.6. The molecule has 2 rings (SSSR count). The summed E-state index contributed by atoms with van der Waals surface area (Å²) in [5, 5.41) is 2.88. The molecule has 0 radical (unpaired) electrons. The van der Waals surface area contributed by atoms with E-state index in [9.17, 15) is 13.2 Å². The highest BCUT2D eigenvalue weighted by molar-refractivity contribution is 7.89. The number of sulfonamides is 1. The SMILES string of the molecule is CN(C)c1ncccc1NC(=O)c1cc(S(=O)(=O)N(C)C)ccc1Cl. The molecule has 0 saturated carbocycles. The van der Waals surface area contributed by atoms with Gasteiger partial charge in [0.15, 0.2) is 5.82 Å². The summed E-state index contributed by atoms with van der Waals surface area (Å²) in [6.45, 7) is 0. The van der Waals surface area contributed by atoms with Gasteiger partial charge in [0.05, 0.1) is 21.2 Å². The van der Waals surface area contributed by atoms with Crippen LogP contribution in [-0.2, 0) is 10.0 Å². The number of amides is 1. The second-order valence-corrected chi connectivity index (χ2v) is 8.21. The lowest BCUT2D eigenvalue weighted by Gasteiger charge is -2.17. The van der Waals surface area contributed by atoms with Gasteiger partial charge in [-0.3, -0.25) is 4.79 Å². The lowest BCUT2D eigenvalue weighted by molar-refractivity contribution is 0.102. The second kappa shape index (κ2) is 7.38. The van der Waals surface area contributed by atoms with Gasteiger partial charge >= 0.3 is 0 Å².